The van der Waals surface area contributed by atoms with E-state index < -0.39 is 0 Å². The molecule has 0 heterocycles. The molecule has 26 heavy (non-hydrogen) atoms. The van der Waals surface area contributed by atoms with Crippen LogP contribution in [0.25, 0.3) is 0 Å². The van der Waals surface area contributed by atoms with Gasteiger partial charge in [0.1, 0.15) is 0 Å². The summed E-state index contributed by atoms with van der Waals surface area (Å²) in [6, 6.07) is 10.7. The minimum Gasteiger partial charge on any atom is -0.483 e. The third kappa shape index (κ3) is 6.11. The summed E-state index contributed by atoms with van der Waals surface area (Å²) in [7, 11) is 2.05. The predicted octanol–water partition coefficient (Wildman–Crippen LogP) is 1.53. The van der Waals surface area contributed by atoms with Crippen molar-refractivity contribution in [1.82, 2.24) is 10.2 Å². The summed E-state index contributed by atoms with van der Waals surface area (Å²) >= 11 is 0. The Labute approximate surface area is 155 Å². The molecule has 2 saturated carbocycles. The van der Waals surface area contributed by atoms with E-state index in [1.807, 2.05) is 18.2 Å². The average molecular weight is 362 g/mol. The first-order valence-corrected chi connectivity index (χ1v) is 9.30. The highest BCUT2D eigenvalue weighted by Gasteiger charge is 2.42. The quantitative estimate of drug-likeness (QED) is 0.668. The van der Waals surface area contributed by atoms with E-state index in [0.29, 0.717) is 31.0 Å². The van der Waals surface area contributed by atoms with Crippen LogP contribution in [-0.2, 0) is 16.0 Å². The molecule has 2 unspecified atom stereocenters. The standard InChI is InChI=1S/C19H28N2O2.CH2O2/c1-21(17-9-15-11-18(22)12-16(15)10-17)13-19(23)20-8-7-14-5-3-2-4-6-14;2-1-3/h2-6,15-18,22H,7-13H2,1H3,(H,20,23);1H,(H,2,3)/t15-,16+,17?,18?;. The highest BCUT2D eigenvalue weighted by Crippen LogP contribution is 2.45. The fourth-order valence-electron chi connectivity index (χ4n) is 4.31. The van der Waals surface area contributed by atoms with Crippen molar-refractivity contribution < 1.29 is 19.8 Å². The number of hydrogen-bond acceptors (Lipinski definition) is 4. The minimum atomic E-state index is -0.250. The van der Waals surface area contributed by atoms with Crippen LogP contribution in [0.3, 0.4) is 0 Å². The number of nitrogens with one attached hydrogen (secondary N) is 1. The number of fused-ring (bicyclic) bond motifs is 1. The van der Waals surface area contributed by atoms with Gasteiger partial charge in [-0.1, -0.05) is 30.3 Å². The Morgan fingerprint density at radius 2 is 1.77 bits per heavy atom. The van der Waals surface area contributed by atoms with Gasteiger partial charge in [-0.05, 0) is 56.6 Å². The lowest BCUT2D eigenvalue weighted by molar-refractivity contribution is -0.123. The molecule has 0 aliphatic heterocycles. The van der Waals surface area contributed by atoms with Gasteiger partial charge in [0.2, 0.25) is 5.91 Å². The summed E-state index contributed by atoms with van der Waals surface area (Å²) in [6.07, 6.45) is 4.97. The smallest absolute Gasteiger partial charge is 0.290 e. The molecule has 4 atom stereocenters. The average Bonchev–Trinajstić information content (AvgIpc) is 3.14. The third-order valence-corrected chi connectivity index (χ3v) is 5.56. The molecule has 6 nitrogen and oxygen atoms in total. The Hall–Kier alpha value is -1.92. The molecular weight excluding hydrogens is 332 g/mol. The molecular formula is C20H30N2O4. The Morgan fingerprint density at radius 3 is 2.35 bits per heavy atom. The Morgan fingerprint density at radius 1 is 1.19 bits per heavy atom. The van der Waals surface area contributed by atoms with Crippen LogP contribution in [0, 0.1) is 11.8 Å². The van der Waals surface area contributed by atoms with Gasteiger partial charge in [0, 0.05) is 12.6 Å². The number of carbonyl (C=O) groups excluding carboxylic acids is 1. The summed E-state index contributed by atoms with van der Waals surface area (Å²) in [6.45, 7) is 0.917. The van der Waals surface area contributed by atoms with Crippen molar-refractivity contribution in [2.24, 2.45) is 11.8 Å². The van der Waals surface area contributed by atoms with E-state index in [0.717, 1.165) is 32.1 Å². The molecule has 2 aliphatic rings. The lowest BCUT2D eigenvalue weighted by atomic mass is 10.0. The summed E-state index contributed by atoms with van der Waals surface area (Å²) in [5.74, 6) is 1.44. The molecule has 0 bridgehead atoms. The zero-order chi connectivity index (χ0) is 18.9. The van der Waals surface area contributed by atoms with Gasteiger partial charge in [0.15, 0.2) is 0 Å². The zero-order valence-corrected chi connectivity index (χ0v) is 15.4. The maximum Gasteiger partial charge on any atom is 0.290 e. The Kier molecular flexibility index (Phi) is 8.06. The fraction of sp³-hybridized carbons (Fsp3) is 0.600. The number of nitrogens with zero attached hydrogens (tertiary/aromatic N) is 1. The minimum absolute atomic E-state index is 0.0856. The lowest BCUT2D eigenvalue weighted by Crippen LogP contribution is -2.40. The molecule has 3 rings (SSSR count). The zero-order valence-electron chi connectivity index (χ0n) is 15.4. The Bertz CT molecular complexity index is 552. The number of carbonyl (C=O) groups is 2. The van der Waals surface area contributed by atoms with Crippen molar-refractivity contribution in [1.29, 1.82) is 0 Å². The Balaban J connectivity index is 0.000000758. The topological polar surface area (TPSA) is 89.9 Å². The van der Waals surface area contributed by atoms with Gasteiger partial charge in [0.05, 0.1) is 12.6 Å². The number of rotatable bonds is 6. The number of likely N-dealkylation sites (N-methyl/N-ethyl adjacent to an activating group) is 1. The van der Waals surface area contributed by atoms with E-state index in [9.17, 15) is 9.90 Å². The number of amides is 1. The molecule has 0 radical (unpaired) electrons. The van der Waals surface area contributed by atoms with E-state index in [-0.39, 0.29) is 18.5 Å². The normalized spacial score (nSPS) is 26.7. The second kappa shape index (κ2) is 10.3. The second-order valence-corrected chi connectivity index (χ2v) is 7.38. The number of benzene rings is 1. The second-order valence-electron chi connectivity index (χ2n) is 7.38. The molecule has 144 valence electrons. The number of aliphatic hydroxyl groups is 1. The molecule has 2 fully saturated rings. The van der Waals surface area contributed by atoms with Crippen LogP contribution < -0.4 is 5.32 Å². The molecule has 3 N–H and O–H groups in total. The SMILES string of the molecule is CN(CC(=O)NCCc1ccccc1)C1C[C@H]2CC(O)C[C@H]2C1.O=CO. The van der Waals surface area contributed by atoms with Crippen molar-refractivity contribution in [2.45, 2.75) is 44.2 Å². The largest absolute Gasteiger partial charge is 0.483 e. The molecule has 1 amide bonds. The van der Waals surface area contributed by atoms with Gasteiger partial charge in [-0.15, -0.1) is 0 Å². The predicted molar refractivity (Wildman–Crippen MR) is 99.7 cm³/mol. The summed E-state index contributed by atoms with van der Waals surface area (Å²) < 4.78 is 0. The fourth-order valence-corrected chi connectivity index (χ4v) is 4.31. The molecule has 6 heteroatoms. The van der Waals surface area contributed by atoms with Gasteiger partial charge >= 0.3 is 0 Å². The van der Waals surface area contributed by atoms with Gasteiger partial charge in [0.25, 0.3) is 6.47 Å². The van der Waals surface area contributed by atoms with E-state index >= 15 is 0 Å². The third-order valence-electron chi connectivity index (χ3n) is 5.56. The van der Waals surface area contributed by atoms with Crippen molar-refractivity contribution in [3.63, 3.8) is 0 Å². The molecule has 0 aromatic heterocycles. The maximum atomic E-state index is 12.1. The first kappa shape index (κ1) is 20.4. The van der Waals surface area contributed by atoms with Crippen LogP contribution >= 0.6 is 0 Å². The van der Waals surface area contributed by atoms with Crippen LogP contribution in [0.1, 0.15) is 31.2 Å². The highest BCUT2D eigenvalue weighted by atomic mass is 16.3. The monoisotopic (exact) mass is 362 g/mol. The van der Waals surface area contributed by atoms with Crippen LogP contribution in [-0.4, -0.2) is 59.8 Å². The lowest BCUT2D eigenvalue weighted by Gasteiger charge is -2.24. The summed E-state index contributed by atoms with van der Waals surface area (Å²) in [4.78, 5) is 22.7. The highest BCUT2D eigenvalue weighted by molar-refractivity contribution is 5.78. The molecule has 1 aromatic rings. The molecule has 0 spiro atoms. The number of hydrogen-bond donors (Lipinski definition) is 3. The van der Waals surface area contributed by atoms with Crippen molar-refractivity contribution in [3.05, 3.63) is 35.9 Å². The van der Waals surface area contributed by atoms with Crippen LogP contribution in [0.5, 0.6) is 0 Å². The van der Waals surface area contributed by atoms with Crippen LogP contribution in [0.4, 0.5) is 0 Å². The van der Waals surface area contributed by atoms with Gasteiger partial charge in [-0.2, -0.15) is 0 Å². The molecule has 1 aromatic carbocycles. The van der Waals surface area contributed by atoms with E-state index in [2.05, 4.69) is 29.4 Å². The molecule has 0 saturated heterocycles. The number of carboxylic acid groups (broad SMARTS) is 1. The van der Waals surface area contributed by atoms with E-state index in [1.165, 1.54) is 5.56 Å². The van der Waals surface area contributed by atoms with Crippen LogP contribution in [0.15, 0.2) is 30.3 Å². The number of aliphatic hydroxyl groups excluding tert-OH is 1. The first-order valence-electron chi connectivity index (χ1n) is 9.30. The first-order chi connectivity index (χ1) is 12.5. The van der Waals surface area contributed by atoms with Gasteiger partial charge in [-0.3, -0.25) is 14.5 Å². The van der Waals surface area contributed by atoms with Gasteiger partial charge < -0.3 is 15.5 Å². The van der Waals surface area contributed by atoms with Crippen molar-refractivity contribution in [3.8, 4) is 0 Å². The molecule has 2 aliphatic carbocycles. The van der Waals surface area contributed by atoms with E-state index in [4.69, 9.17) is 9.90 Å². The maximum absolute atomic E-state index is 12.1. The van der Waals surface area contributed by atoms with Crippen LogP contribution in [0.2, 0.25) is 0 Å². The van der Waals surface area contributed by atoms with Crippen molar-refractivity contribution in [2.75, 3.05) is 20.1 Å². The van der Waals surface area contributed by atoms with Crippen molar-refractivity contribution >= 4 is 12.4 Å². The summed E-state index contributed by atoms with van der Waals surface area (Å²) in [5, 5.41) is 19.6. The van der Waals surface area contributed by atoms with E-state index in [1.54, 1.807) is 0 Å². The summed E-state index contributed by atoms with van der Waals surface area (Å²) in [5.41, 5.74) is 1.25. The van der Waals surface area contributed by atoms with Gasteiger partial charge in [-0.25, -0.2) is 0 Å².